The van der Waals surface area contributed by atoms with Gasteiger partial charge in [0.05, 0.1) is 13.1 Å². The molecule has 5 nitrogen and oxygen atoms in total. The number of nitrogens with zero attached hydrogens (tertiary/aromatic N) is 4. The van der Waals surface area contributed by atoms with Gasteiger partial charge in [-0.1, -0.05) is 13.8 Å². The Kier molecular flexibility index (Phi) is 3.09. The third-order valence-electron chi connectivity index (χ3n) is 4.24. The Hall–Kier alpha value is -0.970. The molecule has 0 unspecified atom stereocenters. The molecule has 0 saturated heterocycles. The van der Waals surface area contributed by atoms with Gasteiger partial charge in [-0.15, -0.1) is 5.10 Å². The van der Waals surface area contributed by atoms with E-state index in [1.165, 1.54) is 25.7 Å². The zero-order valence-corrected chi connectivity index (χ0v) is 11.4. The number of nitrogens with one attached hydrogen (secondary N) is 1. The Bertz CT molecular complexity index is 403. The summed E-state index contributed by atoms with van der Waals surface area (Å²) in [5.74, 6) is 2.61. The predicted octanol–water partition coefficient (Wildman–Crippen LogP) is 1.61. The molecule has 0 atom stereocenters. The smallest absolute Gasteiger partial charge is 0.165 e. The molecule has 0 aromatic carbocycles. The number of rotatable bonds is 7. The lowest BCUT2D eigenvalue weighted by Crippen LogP contribution is -2.24. The summed E-state index contributed by atoms with van der Waals surface area (Å²) in [4.78, 5) is 0. The first kappa shape index (κ1) is 12.1. The summed E-state index contributed by atoms with van der Waals surface area (Å²) >= 11 is 0. The van der Waals surface area contributed by atoms with Gasteiger partial charge in [-0.3, -0.25) is 0 Å². The quantitative estimate of drug-likeness (QED) is 0.797. The van der Waals surface area contributed by atoms with Crippen molar-refractivity contribution < 1.29 is 0 Å². The van der Waals surface area contributed by atoms with Crippen LogP contribution in [0.2, 0.25) is 0 Å². The van der Waals surface area contributed by atoms with Gasteiger partial charge in [0.1, 0.15) is 0 Å². The monoisotopic (exact) mass is 249 g/mol. The second-order valence-corrected chi connectivity index (χ2v) is 6.41. The first-order valence-corrected chi connectivity index (χ1v) is 7.15. The van der Waals surface area contributed by atoms with E-state index in [-0.39, 0.29) is 0 Å². The molecule has 0 radical (unpaired) electrons. The van der Waals surface area contributed by atoms with Crippen LogP contribution in [0.5, 0.6) is 0 Å². The van der Waals surface area contributed by atoms with Crippen molar-refractivity contribution in [1.29, 1.82) is 0 Å². The molecule has 0 spiro atoms. The summed E-state index contributed by atoms with van der Waals surface area (Å²) in [5.41, 5.74) is 0.558. The van der Waals surface area contributed by atoms with Gasteiger partial charge in [-0.05, 0) is 59.9 Å². The average molecular weight is 249 g/mol. The highest BCUT2D eigenvalue weighted by molar-refractivity contribution is 5.04. The van der Waals surface area contributed by atoms with Crippen molar-refractivity contribution in [3.05, 3.63) is 5.82 Å². The minimum Gasteiger partial charge on any atom is -0.310 e. The normalized spacial score (nSPS) is 21.5. The first-order chi connectivity index (χ1) is 8.70. The van der Waals surface area contributed by atoms with Crippen molar-refractivity contribution in [3.63, 3.8) is 0 Å². The van der Waals surface area contributed by atoms with Gasteiger partial charge in [-0.25, -0.2) is 4.68 Å². The molecule has 5 heteroatoms. The molecule has 1 aromatic rings. The van der Waals surface area contributed by atoms with Gasteiger partial charge in [0, 0.05) is 0 Å². The van der Waals surface area contributed by atoms with E-state index in [1.807, 2.05) is 4.68 Å². The van der Waals surface area contributed by atoms with Crippen molar-refractivity contribution in [3.8, 4) is 0 Å². The fraction of sp³-hybridized carbons (Fsp3) is 0.923. The van der Waals surface area contributed by atoms with E-state index in [0.29, 0.717) is 11.3 Å². The maximum Gasteiger partial charge on any atom is 0.165 e. The van der Waals surface area contributed by atoms with Crippen LogP contribution in [0, 0.1) is 17.3 Å². The lowest BCUT2D eigenvalue weighted by atomic mass is 10.0. The standard InChI is InChI=1S/C13H23N5/c1-10(2)7-14-8-12-15-16-17-18(12)9-13(5-6-13)11-3-4-11/h10-11,14H,3-9H2,1-2H3. The third kappa shape index (κ3) is 2.55. The van der Waals surface area contributed by atoms with E-state index in [4.69, 9.17) is 0 Å². The van der Waals surface area contributed by atoms with E-state index < -0.39 is 0 Å². The SMILES string of the molecule is CC(C)CNCc1nnnn1CC1(C2CC2)CC1. The van der Waals surface area contributed by atoms with Crippen LogP contribution in [0.1, 0.15) is 45.4 Å². The van der Waals surface area contributed by atoms with Crippen LogP contribution in [-0.2, 0) is 13.1 Å². The highest BCUT2D eigenvalue weighted by atomic mass is 15.5. The zero-order valence-electron chi connectivity index (χ0n) is 11.4. The molecule has 2 aliphatic rings. The summed E-state index contributed by atoms with van der Waals surface area (Å²) in [6.45, 7) is 7.25. The van der Waals surface area contributed by atoms with Gasteiger partial charge in [0.2, 0.25) is 0 Å². The Labute approximate surface area is 108 Å². The van der Waals surface area contributed by atoms with Crippen molar-refractivity contribution in [2.24, 2.45) is 17.3 Å². The molecule has 3 rings (SSSR count). The van der Waals surface area contributed by atoms with E-state index in [0.717, 1.165) is 31.4 Å². The van der Waals surface area contributed by atoms with Crippen LogP contribution in [0.4, 0.5) is 0 Å². The zero-order chi connectivity index (χ0) is 12.6. The minimum atomic E-state index is 0.558. The van der Waals surface area contributed by atoms with Gasteiger partial charge < -0.3 is 5.32 Å². The largest absolute Gasteiger partial charge is 0.310 e. The molecule has 1 aromatic heterocycles. The lowest BCUT2D eigenvalue weighted by Gasteiger charge is -2.15. The van der Waals surface area contributed by atoms with Crippen molar-refractivity contribution in [1.82, 2.24) is 25.5 Å². The summed E-state index contributed by atoms with van der Waals surface area (Å²) < 4.78 is 2.03. The average Bonchev–Trinajstić information content (AvgIpc) is 3.19. The third-order valence-corrected chi connectivity index (χ3v) is 4.24. The summed E-state index contributed by atoms with van der Waals surface area (Å²) in [7, 11) is 0. The maximum absolute atomic E-state index is 4.16. The molecular weight excluding hydrogens is 226 g/mol. The molecule has 1 N–H and O–H groups in total. The van der Waals surface area contributed by atoms with E-state index in [9.17, 15) is 0 Å². The Morgan fingerprint density at radius 3 is 2.78 bits per heavy atom. The summed E-state index contributed by atoms with van der Waals surface area (Å²) in [5, 5.41) is 15.6. The van der Waals surface area contributed by atoms with Crippen LogP contribution in [0.3, 0.4) is 0 Å². The highest BCUT2D eigenvalue weighted by Crippen LogP contribution is 2.62. The number of aromatic nitrogens is 4. The topological polar surface area (TPSA) is 55.6 Å². The Morgan fingerprint density at radius 1 is 1.39 bits per heavy atom. The molecule has 2 saturated carbocycles. The number of hydrogen-bond donors (Lipinski definition) is 1. The van der Waals surface area contributed by atoms with Gasteiger partial charge in [-0.2, -0.15) is 0 Å². The fourth-order valence-corrected chi connectivity index (χ4v) is 2.80. The molecule has 0 amide bonds. The molecule has 2 fully saturated rings. The molecule has 100 valence electrons. The van der Waals surface area contributed by atoms with Crippen LogP contribution >= 0.6 is 0 Å². The summed E-state index contributed by atoms with van der Waals surface area (Å²) in [6.07, 6.45) is 5.58. The van der Waals surface area contributed by atoms with E-state index >= 15 is 0 Å². The summed E-state index contributed by atoms with van der Waals surface area (Å²) in [6, 6.07) is 0. The molecule has 1 heterocycles. The van der Waals surface area contributed by atoms with E-state index in [2.05, 4.69) is 34.7 Å². The highest BCUT2D eigenvalue weighted by Gasteiger charge is 2.54. The second kappa shape index (κ2) is 4.61. The second-order valence-electron chi connectivity index (χ2n) is 6.41. The van der Waals surface area contributed by atoms with Crippen molar-refractivity contribution in [2.75, 3.05) is 6.54 Å². The van der Waals surface area contributed by atoms with Gasteiger partial charge in [0.15, 0.2) is 5.82 Å². The number of hydrogen-bond acceptors (Lipinski definition) is 4. The minimum absolute atomic E-state index is 0.558. The maximum atomic E-state index is 4.16. The first-order valence-electron chi connectivity index (χ1n) is 7.15. The van der Waals surface area contributed by atoms with Crippen LogP contribution in [0.25, 0.3) is 0 Å². The van der Waals surface area contributed by atoms with Crippen LogP contribution < -0.4 is 5.32 Å². The van der Waals surface area contributed by atoms with Crippen LogP contribution in [0.15, 0.2) is 0 Å². The molecular formula is C13H23N5. The van der Waals surface area contributed by atoms with Crippen LogP contribution in [-0.4, -0.2) is 26.8 Å². The molecule has 0 aliphatic heterocycles. The van der Waals surface area contributed by atoms with E-state index in [1.54, 1.807) is 0 Å². The lowest BCUT2D eigenvalue weighted by molar-refractivity contribution is 0.337. The molecule has 18 heavy (non-hydrogen) atoms. The Balaban J connectivity index is 1.57. The molecule has 2 aliphatic carbocycles. The van der Waals surface area contributed by atoms with Gasteiger partial charge in [0.25, 0.3) is 0 Å². The van der Waals surface area contributed by atoms with Crippen molar-refractivity contribution >= 4 is 0 Å². The van der Waals surface area contributed by atoms with Gasteiger partial charge >= 0.3 is 0 Å². The Morgan fingerprint density at radius 2 is 2.17 bits per heavy atom. The fourth-order valence-electron chi connectivity index (χ4n) is 2.80. The number of tetrazole rings is 1. The van der Waals surface area contributed by atoms with Crippen molar-refractivity contribution in [2.45, 2.75) is 52.6 Å². The molecule has 0 bridgehead atoms. The predicted molar refractivity (Wildman–Crippen MR) is 68.8 cm³/mol.